The minimum atomic E-state index is -0.758. The third kappa shape index (κ3) is 2.63. The van der Waals surface area contributed by atoms with Gasteiger partial charge >= 0.3 is 0 Å². The van der Waals surface area contributed by atoms with Crippen LogP contribution >= 0.6 is 12.2 Å². The molecule has 2 atom stereocenters. The zero-order valence-corrected chi connectivity index (χ0v) is 11.5. The Hall–Kier alpha value is -1.01. The second kappa shape index (κ2) is 5.10. The molecule has 4 nitrogen and oxygen atoms in total. The molecule has 0 amide bonds. The molecule has 0 aromatic carbocycles. The summed E-state index contributed by atoms with van der Waals surface area (Å²) in [6, 6.07) is 2.18. The number of rotatable bonds is 4. The molecule has 92 valence electrons. The van der Waals surface area contributed by atoms with Gasteiger partial charge in [-0.15, -0.1) is 0 Å². The zero-order valence-electron chi connectivity index (χ0n) is 9.84. The smallest absolute Gasteiger partial charge is 0.178 e. The van der Waals surface area contributed by atoms with Gasteiger partial charge < -0.3 is 9.55 Å². The van der Waals surface area contributed by atoms with Crippen molar-refractivity contribution in [3.05, 3.63) is 23.2 Å². The van der Waals surface area contributed by atoms with Crippen LogP contribution in [0.2, 0.25) is 0 Å². The first-order chi connectivity index (χ1) is 8.09. The second-order valence-corrected chi connectivity index (χ2v) is 6.05. The summed E-state index contributed by atoms with van der Waals surface area (Å²) in [6.07, 6.45) is 6.11. The maximum absolute atomic E-state index is 11.1. The molecular weight excluding hydrogens is 254 g/mol. The highest BCUT2D eigenvalue weighted by Crippen LogP contribution is 2.20. The largest absolute Gasteiger partial charge is 0.329 e. The zero-order chi connectivity index (χ0) is 12.4. The molecule has 2 aromatic rings. The molecule has 1 N–H and O–H groups in total. The molecule has 2 unspecified atom stereocenters. The first-order valence-corrected chi connectivity index (χ1v) is 7.57. The minimum Gasteiger partial charge on any atom is -0.329 e. The van der Waals surface area contributed by atoms with Gasteiger partial charge in [0.05, 0.1) is 17.2 Å². The van der Waals surface area contributed by atoms with Gasteiger partial charge in [-0.1, -0.05) is 0 Å². The number of hydrogen-bond donors (Lipinski definition) is 1. The van der Waals surface area contributed by atoms with E-state index in [1.807, 2.05) is 6.07 Å². The van der Waals surface area contributed by atoms with E-state index in [1.165, 1.54) is 0 Å². The monoisotopic (exact) mass is 269 g/mol. The molecule has 0 saturated carbocycles. The van der Waals surface area contributed by atoms with Crippen molar-refractivity contribution in [1.82, 2.24) is 14.5 Å². The Bertz CT molecular complexity index is 602. The van der Waals surface area contributed by atoms with Gasteiger partial charge in [0.1, 0.15) is 0 Å². The van der Waals surface area contributed by atoms with Crippen LogP contribution in [0.4, 0.5) is 0 Å². The summed E-state index contributed by atoms with van der Waals surface area (Å²) in [6.45, 7) is 2.09. The van der Waals surface area contributed by atoms with Gasteiger partial charge in [-0.2, -0.15) is 0 Å². The quantitative estimate of drug-likeness (QED) is 0.867. The summed E-state index contributed by atoms with van der Waals surface area (Å²) in [7, 11) is -0.758. The number of pyridine rings is 1. The number of aromatic nitrogens is 3. The average Bonchev–Trinajstić information content (AvgIpc) is 2.61. The molecular formula is C11H15N3OS2. The minimum absolute atomic E-state index is 0.238. The fraction of sp³-hybridized carbons (Fsp3) is 0.455. The van der Waals surface area contributed by atoms with E-state index in [0.717, 1.165) is 17.5 Å². The Morgan fingerprint density at radius 3 is 3.12 bits per heavy atom. The van der Waals surface area contributed by atoms with Crippen LogP contribution in [0, 0.1) is 4.77 Å². The Balaban J connectivity index is 2.37. The van der Waals surface area contributed by atoms with E-state index < -0.39 is 10.8 Å². The highest BCUT2D eigenvalue weighted by molar-refractivity contribution is 7.84. The number of aromatic amines is 1. The van der Waals surface area contributed by atoms with Crippen LogP contribution in [0.5, 0.6) is 0 Å². The van der Waals surface area contributed by atoms with Gasteiger partial charge in [-0.3, -0.25) is 9.19 Å². The standard InChI is InChI=1S/C11H15N3OS2/c1-8(4-6-17(2)15)14-10-3-5-12-7-9(10)13-11(14)16/h3,5,7-8H,4,6H2,1-2H3,(H,13,16). The lowest BCUT2D eigenvalue weighted by atomic mass is 10.2. The van der Waals surface area contributed by atoms with Crippen LogP contribution in [0.25, 0.3) is 11.0 Å². The molecule has 0 spiro atoms. The van der Waals surface area contributed by atoms with E-state index in [0.29, 0.717) is 10.5 Å². The van der Waals surface area contributed by atoms with E-state index in [-0.39, 0.29) is 6.04 Å². The summed E-state index contributed by atoms with van der Waals surface area (Å²) >= 11 is 5.31. The lowest BCUT2D eigenvalue weighted by Crippen LogP contribution is -2.09. The SMILES string of the molecule is CC(CCS(C)=O)n1c(=S)[nH]c2cnccc21. The summed E-state index contributed by atoms with van der Waals surface area (Å²) in [5, 5.41) is 0. The Kier molecular flexibility index (Phi) is 3.73. The number of nitrogens with zero attached hydrogens (tertiary/aromatic N) is 2. The number of imidazole rings is 1. The normalized spacial score (nSPS) is 14.9. The molecule has 0 fully saturated rings. The highest BCUT2D eigenvalue weighted by Gasteiger charge is 2.11. The Morgan fingerprint density at radius 2 is 2.41 bits per heavy atom. The maximum Gasteiger partial charge on any atom is 0.178 e. The molecule has 0 radical (unpaired) electrons. The van der Waals surface area contributed by atoms with E-state index in [4.69, 9.17) is 12.2 Å². The molecule has 17 heavy (non-hydrogen) atoms. The van der Waals surface area contributed by atoms with Crippen LogP contribution in [-0.4, -0.2) is 30.8 Å². The van der Waals surface area contributed by atoms with Crippen molar-refractivity contribution in [2.75, 3.05) is 12.0 Å². The molecule has 6 heteroatoms. The number of hydrogen-bond acceptors (Lipinski definition) is 3. The van der Waals surface area contributed by atoms with Crippen LogP contribution in [0.1, 0.15) is 19.4 Å². The summed E-state index contributed by atoms with van der Waals surface area (Å²) in [4.78, 5) is 7.20. The van der Waals surface area contributed by atoms with Crippen molar-refractivity contribution in [3.63, 3.8) is 0 Å². The van der Waals surface area contributed by atoms with E-state index >= 15 is 0 Å². The van der Waals surface area contributed by atoms with Crippen molar-refractivity contribution < 1.29 is 4.21 Å². The van der Waals surface area contributed by atoms with Gasteiger partial charge in [0.15, 0.2) is 4.77 Å². The molecule has 0 aliphatic heterocycles. The third-order valence-electron chi connectivity index (χ3n) is 2.78. The number of nitrogens with one attached hydrogen (secondary N) is 1. The lowest BCUT2D eigenvalue weighted by molar-refractivity contribution is 0.539. The summed E-state index contributed by atoms with van der Waals surface area (Å²) < 4.78 is 13.9. The molecule has 0 aliphatic carbocycles. The van der Waals surface area contributed by atoms with Crippen LogP contribution < -0.4 is 0 Å². The maximum atomic E-state index is 11.1. The van der Waals surface area contributed by atoms with Crippen molar-refractivity contribution in [2.24, 2.45) is 0 Å². The molecule has 0 aliphatic rings. The number of H-pyrrole nitrogens is 1. The Morgan fingerprint density at radius 1 is 1.65 bits per heavy atom. The highest BCUT2D eigenvalue weighted by atomic mass is 32.2. The van der Waals surface area contributed by atoms with Crippen molar-refractivity contribution in [1.29, 1.82) is 0 Å². The first-order valence-electron chi connectivity index (χ1n) is 5.44. The lowest BCUT2D eigenvalue weighted by Gasteiger charge is -2.13. The van der Waals surface area contributed by atoms with Gasteiger partial charge in [0, 0.05) is 35.0 Å². The summed E-state index contributed by atoms with van der Waals surface area (Å²) in [5.41, 5.74) is 2.00. The fourth-order valence-corrected chi connectivity index (χ4v) is 2.94. The van der Waals surface area contributed by atoms with Gasteiger partial charge in [-0.25, -0.2) is 0 Å². The molecule has 0 bridgehead atoms. The van der Waals surface area contributed by atoms with Crippen LogP contribution in [0.15, 0.2) is 18.5 Å². The van der Waals surface area contributed by atoms with Crippen LogP contribution in [-0.2, 0) is 10.8 Å². The van der Waals surface area contributed by atoms with Gasteiger partial charge in [0.25, 0.3) is 0 Å². The summed E-state index contributed by atoms with van der Waals surface area (Å²) in [5.74, 6) is 0.695. The topological polar surface area (TPSA) is 50.7 Å². The molecule has 2 aromatic heterocycles. The van der Waals surface area contributed by atoms with Crippen molar-refractivity contribution >= 4 is 34.1 Å². The van der Waals surface area contributed by atoms with E-state index in [9.17, 15) is 4.21 Å². The van der Waals surface area contributed by atoms with Crippen molar-refractivity contribution in [3.8, 4) is 0 Å². The van der Waals surface area contributed by atoms with Crippen LogP contribution in [0.3, 0.4) is 0 Å². The predicted molar refractivity (Wildman–Crippen MR) is 73.2 cm³/mol. The molecule has 0 saturated heterocycles. The fourth-order valence-electron chi connectivity index (χ4n) is 1.88. The first kappa shape index (κ1) is 12.4. The number of fused-ring (bicyclic) bond motifs is 1. The third-order valence-corrected chi connectivity index (χ3v) is 3.89. The molecule has 2 rings (SSSR count). The Labute approximate surface area is 108 Å². The van der Waals surface area contributed by atoms with E-state index in [1.54, 1.807) is 18.6 Å². The predicted octanol–water partition coefficient (Wildman–Crippen LogP) is 2.42. The average molecular weight is 269 g/mol. The molecule has 2 heterocycles. The van der Waals surface area contributed by atoms with Crippen molar-refractivity contribution in [2.45, 2.75) is 19.4 Å². The second-order valence-electron chi connectivity index (χ2n) is 4.11. The van der Waals surface area contributed by atoms with E-state index in [2.05, 4.69) is 21.5 Å². The van der Waals surface area contributed by atoms with Gasteiger partial charge in [-0.05, 0) is 31.6 Å². The van der Waals surface area contributed by atoms with Gasteiger partial charge in [0.2, 0.25) is 0 Å².